The van der Waals surface area contributed by atoms with Crippen LogP contribution in [0.3, 0.4) is 0 Å². The number of carboxylic acid groups (broad SMARTS) is 1. The van der Waals surface area contributed by atoms with Crippen LogP contribution < -0.4 is 4.74 Å². The van der Waals surface area contributed by atoms with E-state index < -0.39 is 21.4 Å². The van der Waals surface area contributed by atoms with Crippen molar-refractivity contribution < 1.29 is 27.8 Å². The highest BCUT2D eigenvalue weighted by Gasteiger charge is 2.20. The minimum absolute atomic E-state index is 0.0419. The molecule has 1 rings (SSSR count). The predicted octanol–water partition coefficient (Wildman–Crippen LogP) is 1.98. The van der Waals surface area contributed by atoms with E-state index in [1.165, 1.54) is 19.2 Å². The molecule has 0 heterocycles. The van der Waals surface area contributed by atoms with Gasteiger partial charge in [0.2, 0.25) is 0 Å². The SMILES string of the molecule is COc1ccc(S(=O)(=O)CCOC(C)(C)C)cc1C(=O)O. The summed E-state index contributed by atoms with van der Waals surface area (Å²) in [7, 11) is -2.28. The summed E-state index contributed by atoms with van der Waals surface area (Å²) in [5.74, 6) is -1.34. The van der Waals surface area contributed by atoms with Crippen LogP contribution in [0, 0.1) is 0 Å². The number of aromatic carboxylic acids is 1. The second kappa shape index (κ2) is 6.44. The van der Waals surface area contributed by atoms with Crippen LogP contribution in [0.25, 0.3) is 0 Å². The first-order valence-corrected chi connectivity index (χ1v) is 8.00. The van der Waals surface area contributed by atoms with Gasteiger partial charge in [-0.2, -0.15) is 0 Å². The molecule has 0 aromatic heterocycles. The maximum atomic E-state index is 12.2. The zero-order valence-electron chi connectivity index (χ0n) is 12.5. The standard InChI is InChI=1S/C14H20O6S/c1-14(2,3)20-7-8-21(17,18)10-5-6-12(19-4)11(9-10)13(15)16/h5-6,9H,7-8H2,1-4H3,(H,15,16). The van der Waals surface area contributed by atoms with E-state index in [2.05, 4.69) is 0 Å². The predicted molar refractivity (Wildman–Crippen MR) is 77.7 cm³/mol. The number of carboxylic acids is 1. The van der Waals surface area contributed by atoms with Crippen molar-refractivity contribution in [3.8, 4) is 5.75 Å². The number of ether oxygens (including phenoxy) is 2. The van der Waals surface area contributed by atoms with Crippen LogP contribution in [0.1, 0.15) is 31.1 Å². The molecule has 21 heavy (non-hydrogen) atoms. The van der Waals surface area contributed by atoms with Crippen LogP contribution in [-0.4, -0.2) is 44.6 Å². The van der Waals surface area contributed by atoms with E-state index in [0.717, 1.165) is 6.07 Å². The maximum absolute atomic E-state index is 12.2. The van der Waals surface area contributed by atoms with Gasteiger partial charge in [0.1, 0.15) is 11.3 Å². The molecule has 0 unspecified atom stereocenters. The second-order valence-electron chi connectivity index (χ2n) is 5.45. The number of hydrogen-bond donors (Lipinski definition) is 1. The van der Waals surface area contributed by atoms with Crippen LogP contribution in [0.4, 0.5) is 0 Å². The maximum Gasteiger partial charge on any atom is 0.339 e. The Balaban J connectivity index is 2.99. The molecule has 6 nitrogen and oxygen atoms in total. The molecule has 0 atom stereocenters. The molecular weight excluding hydrogens is 296 g/mol. The molecule has 0 aliphatic heterocycles. The van der Waals surface area contributed by atoms with E-state index in [9.17, 15) is 13.2 Å². The van der Waals surface area contributed by atoms with Crippen LogP contribution >= 0.6 is 0 Å². The molecule has 0 bridgehead atoms. The third kappa shape index (κ3) is 5.02. The number of benzene rings is 1. The van der Waals surface area contributed by atoms with Gasteiger partial charge in [0, 0.05) is 0 Å². The number of carbonyl (C=O) groups is 1. The largest absolute Gasteiger partial charge is 0.496 e. The average Bonchev–Trinajstić information content (AvgIpc) is 2.35. The molecule has 1 N–H and O–H groups in total. The third-order valence-electron chi connectivity index (χ3n) is 2.65. The molecule has 1 aromatic rings. The van der Waals surface area contributed by atoms with Gasteiger partial charge < -0.3 is 14.6 Å². The van der Waals surface area contributed by atoms with Crippen molar-refractivity contribution >= 4 is 15.8 Å². The van der Waals surface area contributed by atoms with Gasteiger partial charge in [-0.25, -0.2) is 13.2 Å². The fraction of sp³-hybridized carbons (Fsp3) is 0.500. The van der Waals surface area contributed by atoms with E-state index in [-0.39, 0.29) is 28.6 Å². The summed E-state index contributed by atoms with van der Waals surface area (Å²) in [6.07, 6.45) is 0. The third-order valence-corrected chi connectivity index (χ3v) is 4.32. The Morgan fingerprint density at radius 1 is 1.29 bits per heavy atom. The molecule has 0 spiro atoms. The summed E-state index contributed by atoms with van der Waals surface area (Å²) in [5, 5.41) is 9.07. The lowest BCUT2D eigenvalue weighted by molar-refractivity contribution is 0.00644. The van der Waals surface area contributed by atoms with Crippen molar-refractivity contribution in [1.82, 2.24) is 0 Å². The summed E-state index contributed by atoms with van der Waals surface area (Å²) in [6.45, 7) is 5.53. The monoisotopic (exact) mass is 316 g/mol. The summed E-state index contributed by atoms with van der Waals surface area (Å²) >= 11 is 0. The summed E-state index contributed by atoms with van der Waals surface area (Å²) in [6, 6.07) is 3.77. The van der Waals surface area contributed by atoms with Crippen molar-refractivity contribution in [2.24, 2.45) is 0 Å². The Morgan fingerprint density at radius 3 is 2.38 bits per heavy atom. The first kappa shape index (κ1) is 17.5. The van der Waals surface area contributed by atoms with Gasteiger partial charge in [0.15, 0.2) is 9.84 Å². The fourth-order valence-corrected chi connectivity index (χ4v) is 2.73. The van der Waals surface area contributed by atoms with Gasteiger partial charge in [-0.3, -0.25) is 0 Å². The Hall–Kier alpha value is -1.60. The number of hydrogen-bond acceptors (Lipinski definition) is 5. The first-order chi connectivity index (χ1) is 9.57. The van der Waals surface area contributed by atoms with Crippen molar-refractivity contribution in [2.45, 2.75) is 31.3 Å². The van der Waals surface area contributed by atoms with Crippen molar-refractivity contribution in [3.05, 3.63) is 23.8 Å². The molecule has 0 saturated heterocycles. The minimum Gasteiger partial charge on any atom is -0.496 e. The Morgan fingerprint density at radius 2 is 1.90 bits per heavy atom. The zero-order chi connectivity index (χ0) is 16.3. The highest BCUT2D eigenvalue weighted by atomic mass is 32.2. The number of sulfone groups is 1. The van der Waals surface area contributed by atoms with Crippen LogP contribution in [-0.2, 0) is 14.6 Å². The van der Waals surface area contributed by atoms with Crippen molar-refractivity contribution in [2.75, 3.05) is 19.5 Å². The van der Waals surface area contributed by atoms with Gasteiger partial charge in [-0.15, -0.1) is 0 Å². The molecule has 0 fully saturated rings. The summed E-state index contributed by atoms with van der Waals surface area (Å²) < 4.78 is 34.6. The highest BCUT2D eigenvalue weighted by molar-refractivity contribution is 7.91. The lowest BCUT2D eigenvalue weighted by Crippen LogP contribution is -2.23. The quantitative estimate of drug-likeness (QED) is 0.863. The number of methoxy groups -OCH3 is 1. The molecule has 118 valence electrons. The Labute approximate surface area is 124 Å². The lowest BCUT2D eigenvalue weighted by atomic mass is 10.2. The van der Waals surface area contributed by atoms with Gasteiger partial charge in [0.05, 0.1) is 30.0 Å². The molecular formula is C14H20O6S. The van der Waals surface area contributed by atoms with E-state index >= 15 is 0 Å². The normalized spacial score (nSPS) is 12.2. The first-order valence-electron chi connectivity index (χ1n) is 6.35. The van der Waals surface area contributed by atoms with Crippen molar-refractivity contribution in [1.29, 1.82) is 0 Å². The van der Waals surface area contributed by atoms with E-state index in [1.54, 1.807) is 0 Å². The van der Waals surface area contributed by atoms with E-state index in [4.69, 9.17) is 14.6 Å². The van der Waals surface area contributed by atoms with Gasteiger partial charge in [0.25, 0.3) is 0 Å². The highest BCUT2D eigenvalue weighted by Crippen LogP contribution is 2.23. The van der Waals surface area contributed by atoms with E-state index in [1.807, 2.05) is 20.8 Å². The second-order valence-corrected chi connectivity index (χ2v) is 7.56. The summed E-state index contributed by atoms with van der Waals surface area (Å²) in [5.41, 5.74) is -0.614. The lowest BCUT2D eigenvalue weighted by Gasteiger charge is -2.19. The summed E-state index contributed by atoms with van der Waals surface area (Å²) in [4.78, 5) is 11.0. The van der Waals surface area contributed by atoms with Gasteiger partial charge >= 0.3 is 5.97 Å². The fourth-order valence-electron chi connectivity index (χ4n) is 1.62. The van der Waals surface area contributed by atoms with Crippen molar-refractivity contribution in [3.63, 3.8) is 0 Å². The van der Waals surface area contributed by atoms with Gasteiger partial charge in [-0.1, -0.05) is 0 Å². The van der Waals surface area contributed by atoms with E-state index in [0.29, 0.717) is 0 Å². The molecule has 0 aliphatic carbocycles. The molecule has 0 amide bonds. The smallest absolute Gasteiger partial charge is 0.339 e. The number of rotatable bonds is 6. The van der Waals surface area contributed by atoms with Gasteiger partial charge in [-0.05, 0) is 39.0 Å². The molecule has 0 aliphatic rings. The molecule has 0 radical (unpaired) electrons. The molecule has 7 heteroatoms. The molecule has 1 aromatic carbocycles. The van der Waals surface area contributed by atoms with Crippen LogP contribution in [0.5, 0.6) is 5.75 Å². The van der Waals surface area contributed by atoms with Crippen LogP contribution in [0.15, 0.2) is 23.1 Å². The minimum atomic E-state index is -3.61. The average molecular weight is 316 g/mol. The van der Waals surface area contributed by atoms with Crippen LogP contribution in [0.2, 0.25) is 0 Å². The zero-order valence-corrected chi connectivity index (χ0v) is 13.4. The Kier molecular flexibility index (Phi) is 5.36. The molecule has 0 saturated carbocycles. The Bertz CT molecular complexity index is 613. The topological polar surface area (TPSA) is 89.9 Å².